The lowest BCUT2D eigenvalue weighted by atomic mass is 10.0. The van der Waals surface area contributed by atoms with Gasteiger partial charge in [0.05, 0.1) is 0 Å². The minimum atomic E-state index is 0.454. The second-order valence-corrected chi connectivity index (χ2v) is 7.21. The molecule has 0 bridgehead atoms. The Balaban J connectivity index is 1.90. The Labute approximate surface area is 129 Å². The molecule has 2 unspecified atom stereocenters. The van der Waals surface area contributed by atoms with Crippen molar-refractivity contribution in [1.29, 1.82) is 0 Å². The molecule has 0 aliphatic carbocycles. The summed E-state index contributed by atoms with van der Waals surface area (Å²) in [6, 6.07) is 9.84. The van der Waals surface area contributed by atoms with Gasteiger partial charge in [0.25, 0.3) is 0 Å². The van der Waals surface area contributed by atoms with Crippen LogP contribution in [0.25, 0.3) is 0 Å². The summed E-state index contributed by atoms with van der Waals surface area (Å²) in [6.45, 7) is 4.77. The van der Waals surface area contributed by atoms with Crippen LogP contribution < -0.4 is 5.32 Å². The molecule has 1 aliphatic heterocycles. The summed E-state index contributed by atoms with van der Waals surface area (Å²) < 4.78 is 1.15. The van der Waals surface area contributed by atoms with Crippen molar-refractivity contribution in [3.63, 3.8) is 0 Å². The third-order valence-electron chi connectivity index (χ3n) is 3.83. The predicted octanol–water partition coefficient (Wildman–Crippen LogP) is 3.54. The lowest BCUT2D eigenvalue weighted by Crippen LogP contribution is -2.41. The third-order valence-corrected chi connectivity index (χ3v) is 5.55. The highest BCUT2D eigenvalue weighted by Crippen LogP contribution is 2.22. The van der Waals surface area contributed by atoms with Gasteiger partial charge in [-0.2, -0.15) is 11.8 Å². The Hall–Kier alpha value is -0.0300. The molecule has 0 aromatic heterocycles. The summed E-state index contributed by atoms with van der Waals surface area (Å²) in [6.07, 6.45) is 1.17. The van der Waals surface area contributed by atoms with Crippen LogP contribution in [0.3, 0.4) is 0 Å². The van der Waals surface area contributed by atoms with Crippen molar-refractivity contribution < 1.29 is 0 Å². The summed E-state index contributed by atoms with van der Waals surface area (Å²) in [5.74, 6) is 2.56. The molecule has 0 spiro atoms. The van der Waals surface area contributed by atoms with E-state index in [-0.39, 0.29) is 0 Å². The largest absolute Gasteiger partial charge is 0.313 e. The van der Waals surface area contributed by atoms with Crippen LogP contribution in [-0.4, -0.2) is 42.6 Å². The first-order valence-corrected chi connectivity index (χ1v) is 8.90. The van der Waals surface area contributed by atoms with E-state index in [1.165, 1.54) is 36.6 Å². The second kappa shape index (κ2) is 7.67. The number of nitrogens with zero attached hydrogens (tertiary/aromatic N) is 1. The molecular formula is C15H23BrN2S. The Morgan fingerprint density at radius 2 is 2.16 bits per heavy atom. The molecule has 1 aliphatic rings. The van der Waals surface area contributed by atoms with Crippen LogP contribution in [0.15, 0.2) is 28.7 Å². The molecule has 106 valence electrons. The van der Waals surface area contributed by atoms with E-state index >= 15 is 0 Å². The summed E-state index contributed by atoms with van der Waals surface area (Å²) in [4.78, 5) is 2.62. The fraction of sp³-hybridized carbons (Fsp3) is 0.600. The smallest absolute Gasteiger partial charge is 0.0329 e. The quantitative estimate of drug-likeness (QED) is 0.880. The maximum atomic E-state index is 3.49. The number of halogens is 1. The van der Waals surface area contributed by atoms with Crippen LogP contribution in [0, 0.1) is 0 Å². The summed E-state index contributed by atoms with van der Waals surface area (Å²) >= 11 is 5.58. The van der Waals surface area contributed by atoms with Crippen molar-refractivity contribution in [1.82, 2.24) is 10.2 Å². The van der Waals surface area contributed by atoms with Crippen molar-refractivity contribution in [2.75, 3.05) is 31.6 Å². The average molecular weight is 343 g/mol. The average Bonchev–Trinajstić information content (AvgIpc) is 2.43. The van der Waals surface area contributed by atoms with E-state index in [9.17, 15) is 0 Å². The number of benzene rings is 1. The molecule has 2 atom stereocenters. The normalized spacial score (nSPS) is 22.4. The van der Waals surface area contributed by atoms with Gasteiger partial charge in [-0.1, -0.05) is 28.1 Å². The van der Waals surface area contributed by atoms with E-state index in [2.05, 4.69) is 76.1 Å². The van der Waals surface area contributed by atoms with Crippen molar-refractivity contribution in [2.45, 2.75) is 25.4 Å². The van der Waals surface area contributed by atoms with Gasteiger partial charge in [0, 0.05) is 41.2 Å². The van der Waals surface area contributed by atoms with E-state index in [0.717, 1.165) is 10.5 Å². The third kappa shape index (κ3) is 4.48. The molecule has 0 saturated carbocycles. The minimum absolute atomic E-state index is 0.454. The van der Waals surface area contributed by atoms with Crippen molar-refractivity contribution in [3.05, 3.63) is 34.3 Å². The molecule has 1 aromatic rings. The van der Waals surface area contributed by atoms with E-state index < -0.39 is 0 Å². The Morgan fingerprint density at radius 3 is 2.79 bits per heavy atom. The van der Waals surface area contributed by atoms with E-state index in [4.69, 9.17) is 0 Å². The molecular weight excluding hydrogens is 320 g/mol. The fourth-order valence-electron chi connectivity index (χ4n) is 2.56. The van der Waals surface area contributed by atoms with Gasteiger partial charge in [-0.15, -0.1) is 0 Å². The number of hydrogen-bond acceptors (Lipinski definition) is 3. The first-order chi connectivity index (χ1) is 9.20. The van der Waals surface area contributed by atoms with Gasteiger partial charge in [-0.05, 0) is 38.1 Å². The zero-order valence-corrected chi connectivity index (χ0v) is 14.1. The lowest BCUT2D eigenvalue weighted by Gasteiger charge is -2.34. The number of thioether (sulfide) groups is 1. The van der Waals surface area contributed by atoms with Gasteiger partial charge < -0.3 is 5.32 Å². The van der Waals surface area contributed by atoms with Crippen LogP contribution in [0.5, 0.6) is 0 Å². The van der Waals surface area contributed by atoms with Crippen molar-refractivity contribution in [2.24, 2.45) is 0 Å². The van der Waals surface area contributed by atoms with Gasteiger partial charge in [0.1, 0.15) is 0 Å². The van der Waals surface area contributed by atoms with Crippen molar-refractivity contribution >= 4 is 27.7 Å². The zero-order valence-electron chi connectivity index (χ0n) is 11.7. The Bertz CT molecular complexity index is 382. The highest BCUT2D eigenvalue weighted by atomic mass is 79.9. The number of hydrogen-bond donors (Lipinski definition) is 1. The lowest BCUT2D eigenvalue weighted by molar-refractivity contribution is 0.220. The Morgan fingerprint density at radius 1 is 1.42 bits per heavy atom. The van der Waals surface area contributed by atoms with Gasteiger partial charge in [-0.25, -0.2) is 0 Å². The molecule has 1 fully saturated rings. The standard InChI is InChI=1S/C15H23BrN2S/c1-12-11-19-10-9-18(12)8-7-15(17-2)13-3-5-14(16)6-4-13/h3-6,12,15,17H,7-11H2,1-2H3. The van der Waals surface area contributed by atoms with Crippen LogP contribution >= 0.6 is 27.7 Å². The molecule has 0 radical (unpaired) electrons. The molecule has 4 heteroatoms. The van der Waals surface area contributed by atoms with E-state index in [1.807, 2.05) is 0 Å². The maximum absolute atomic E-state index is 3.49. The molecule has 1 heterocycles. The number of nitrogens with one attached hydrogen (secondary N) is 1. The minimum Gasteiger partial charge on any atom is -0.313 e. The Kier molecular flexibility index (Phi) is 6.20. The summed E-state index contributed by atoms with van der Waals surface area (Å²) in [5.41, 5.74) is 1.38. The molecule has 0 amide bonds. The van der Waals surface area contributed by atoms with Gasteiger partial charge in [-0.3, -0.25) is 4.90 Å². The topological polar surface area (TPSA) is 15.3 Å². The molecule has 1 N–H and O–H groups in total. The van der Waals surface area contributed by atoms with Crippen LogP contribution in [0.4, 0.5) is 0 Å². The van der Waals surface area contributed by atoms with Gasteiger partial charge >= 0.3 is 0 Å². The van der Waals surface area contributed by atoms with Crippen molar-refractivity contribution in [3.8, 4) is 0 Å². The monoisotopic (exact) mass is 342 g/mol. The zero-order chi connectivity index (χ0) is 13.7. The summed E-state index contributed by atoms with van der Waals surface area (Å²) in [5, 5.41) is 3.45. The van der Waals surface area contributed by atoms with Crippen LogP contribution in [0.1, 0.15) is 24.9 Å². The van der Waals surface area contributed by atoms with Gasteiger partial charge in [0.15, 0.2) is 0 Å². The molecule has 19 heavy (non-hydrogen) atoms. The number of rotatable bonds is 5. The highest BCUT2D eigenvalue weighted by molar-refractivity contribution is 9.10. The van der Waals surface area contributed by atoms with Crippen LogP contribution in [0.2, 0.25) is 0 Å². The summed E-state index contributed by atoms with van der Waals surface area (Å²) in [7, 11) is 2.06. The first-order valence-electron chi connectivity index (χ1n) is 6.95. The first kappa shape index (κ1) is 15.4. The maximum Gasteiger partial charge on any atom is 0.0329 e. The predicted molar refractivity (Wildman–Crippen MR) is 88.9 cm³/mol. The molecule has 1 aromatic carbocycles. The van der Waals surface area contributed by atoms with E-state index in [0.29, 0.717) is 6.04 Å². The van der Waals surface area contributed by atoms with E-state index in [1.54, 1.807) is 0 Å². The molecule has 2 rings (SSSR count). The molecule has 2 nitrogen and oxygen atoms in total. The SMILES string of the molecule is CNC(CCN1CCSCC1C)c1ccc(Br)cc1. The second-order valence-electron chi connectivity index (χ2n) is 5.14. The molecule has 1 saturated heterocycles. The fourth-order valence-corrected chi connectivity index (χ4v) is 3.91. The van der Waals surface area contributed by atoms with Gasteiger partial charge in [0.2, 0.25) is 0 Å². The van der Waals surface area contributed by atoms with Crippen LogP contribution in [-0.2, 0) is 0 Å². The highest BCUT2D eigenvalue weighted by Gasteiger charge is 2.19.